The van der Waals surface area contributed by atoms with Crippen LogP contribution in [-0.4, -0.2) is 18.6 Å². The molecule has 21 heavy (non-hydrogen) atoms. The van der Waals surface area contributed by atoms with Crippen LogP contribution in [-0.2, 0) is 6.54 Å². The Morgan fingerprint density at radius 2 is 1.76 bits per heavy atom. The fraction of sp³-hybridized carbons (Fsp3) is 0.684. The lowest BCUT2D eigenvalue weighted by atomic mass is 10.0. The summed E-state index contributed by atoms with van der Waals surface area (Å²) in [6.07, 6.45) is 1.22. The van der Waals surface area contributed by atoms with Gasteiger partial charge in [0.05, 0.1) is 0 Å². The maximum absolute atomic E-state index is 3.61. The second kappa shape index (κ2) is 7.31. The van der Waals surface area contributed by atoms with Gasteiger partial charge in [0.1, 0.15) is 0 Å². The monoisotopic (exact) mass is 290 g/mol. The lowest BCUT2D eigenvalue weighted by Crippen LogP contribution is -2.36. The van der Waals surface area contributed by atoms with Crippen molar-refractivity contribution in [3.63, 3.8) is 0 Å². The van der Waals surface area contributed by atoms with Crippen LogP contribution < -0.4 is 10.2 Å². The Kier molecular flexibility index (Phi) is 6.27. The second-order valence-electron chi connectivity index (χ2n) is 7.83. The van der Waals surface area contributed by atoms with Gasteiger partial charge < -0.3 is 10.2 Å². The highest BCUT2D eigenvalue weighted by atomic mass is 15.1. The topological polar surface area (TPSA) is 15.3 Å². The molecule has 0 saturated carbocycles. The average molecular weight is 290 g/mol. The molecule has 120 valence electrons. The zero-order chi connectivity index (χ0) is 16.2. The summed E-state index contributed by atoms with van der Waals surface area (Å²) in [5, 5.41) is 3.61. The number of rotatable bonds is 6. The summed E-state index contributed by atoms with van der Waals surface area (Å²) in [6.45, 7) is 16.6. The molecular formula is C19H34N2. The molecule has 0 radical (unpaired) electrons. The summed E-state index contributed by atoms with van der Waals surface area (Å²) in [5.41, 5.74) is 4.21. The van der Waals surface area contributed by atoms with Crippen LogP contribution in [0.4, 0.5) is 5.69 Å². The molecule has 0 amide bonds. The van der Waals surface area contributed by atoms with E-state index < -0.39 is 0 Å². The minimum Gasteiger partial charge on any atom is -0.372 e. The molecule has 1 N–H and O–H groups in total. The highest BCUT2D eigenvalue weighted by Crippen LogP contribution is 2.25. The first-order chi connectivity index (χ1) is 9.60. The third-order valence-corrected chi connectivity index (χ3v) is 3.90. The summed E-state index contributed by atoms with van der Waals surface area (Å²) in [4.78, 5) is 2.43. The van der Waals surface area contributed by atoms with Crippen LogP contribution >= 0.6 is 0 Å². The molecule has 2 heteroatoms. The van der Waals surface area contributed by atoms with Crippen LogP contribution in [0.15, 0.2) is 18.2 Å². The molecule has 0 heterocycles. The molecule has 0 saturated heterocycles. The number of nitrogens with one attached hydrogen (secondary N) is 1. The Morgan fingerprint density at radius 1 is 1.14 bits per heavy atom. The molecule has 0 aromatic heterocycles. The highest BCUT2D eigenvalue weighted by molar-refractivity contribution is 5.55. The van der Waals surface area contributed by atoms with Crippen LogP contribution in [0.25, 0.3) is 0 Å². The molecule has 0 fully saturated rings. The van der Waals surface area contributed by atoms with Gasteiger partial charge in [0.25, 0.3) is 0 Å². The predicted octanol–water partition coefficient (Wildman–Crippen LogP) is 4.75. The Balaban J connectivity index is 2.95. The summed E-state index contributed by atoms with van der Waals surface area (Å²) >= 11 is 0. The van der Waals surface area contributed by atoms with E-state index >= 15 is 0 Å². The van der Waals surface area contributed by atoms with E-state index in [1.807, 2.05) is 0 Å². The van der Waals surface area contributed by atoms with Crippen molar-refractivity contribution >= 4 is 5.69 Å². The Bertz CT molecular complexity index is 443. The van der Waals surface area contributed by atoms with Gasteiger partial charge in [-0.1, -0.05) is 31.5 Å². The van der Waals surface area contributed by atoms with Gasteiger partial charge in [0.15, 0.2) is 0 Å². The zero-order valence-electron chi connectivity index (χ0n) is 15.2. The standard InChI is InChI=1S/C19H34N2/c1-14(2)11-16(4)21(8)18-10-9-15(3)12-17(18)13-20-19(5,6)7/h9-10,12,14,16,20H,11,13H2,1-8H3. The normalized spacial score (nSPS) is 13.6. The first kappa shape index (κ1) is 18.0. The molecule has 1 rings (SSSR count). The Morgan fingerprint density at radius 3 is 2.29 bits per heavy atom. The van der Waals surface area contributed by atoms with Crippen LogP contribution in [0, 0.1) is 12.8 Å². The fourth-order valence-electron chi connectivity index (χ4n) is 2.64. The number of anilines is 1. The summed E-state index contributed by atoms with van der Waals surface area (Å²) < 4.78 is 0. The highest BCUT2D eigenvalue weighted by Gasteiger charge is 2.16. The third kappa shape index (κ3) is 6.09. The Hall–Kier alpha value is -1.02. The van der Waals surface area contributed by atoms with E-state index in [4.69, 9.17) is 0 Å². The van der Waals surface area contributed by atoms with Gasteiger partial charge in [-0.25, -0.2) is 0 Å². The van der Waals surface area contributed by atoms with E-state index in [2.05, 4.69) is 83.9 Å². The predicted molar refractivity (Wildman–Crippen MR) is 95.1 cm³/mol. The lowest BCUT2D eigenvalue weighted by Gasteiger charge is -2.31. The van der Waals surface area contributed by atoms with Gasteiger partial charge in [-0.05, 0) is 58.6 Å². The van der Waals surface area contributed by atoms with Crippen molar-refractivity contribution in [3.05, 3.63) is 29.3 Å². The maximum atomic E-state index is 3.61. The first-order valence-electron chi connectivity index (χ1n) is 8.17. The molecule has 0 aliphatic carbocycles. The minimum atomic E-state index is 0.142. The third-order valence-electron chi connectivity index (χ3n) is 3.90. The molecule has 1 atom stereocenters. The van der Waals surface area contributed by atoms with Gasteiger partial charge in [0, 0.05) is 30.9 Å². The van der Waals surface area contributed by atoms with E-state index in [-0.39, 0.29) is 5.54 Å². The molecule has 2 nitrogen and oxygen atoms in total. The quantitative estimate of drug-likeness (QED) is 0.813. The molecule has 1 unspecified atom stereocenters. The van der Waals surface area contributed by atoms with Crippen LogP contribution in [0.1, 0.15) is 59.1 Å². The molecular weight excluding hydrogens is 256 g/mol. The average Bonchev–Trinajstić information content (AvgIpc) is 2.34. The van der Waals surface area contributed by atoms with Gasteiger partial charge in [-0.15, -0.1) is 0 Å². The number of benzene rings is 1. The molecule has 0 aliphatic rings. The summed E-state index contributed by atoms with van der Waals surface area (Å²) in [5.74, 6) is 0.726. The molecule has 0 spiro atoms. The van der Waals surface area contributed by atoms with E-state index in [0.29, 0.717) is 6.04 Å². The van der Waals surface area contributed by atoms with Gasteiger partial charge >= 0.3 is 0 Å². The van der Waals surface area contributed by atoms with Crippen molar-refractivity contribution in [1.29, 1.82) is 0 Å². The van der Waals surface area contributed by atoms with Crippen molar-refractivity contribution in [1.82, 2.24) is 5.32 Å². The number of nitrogens with zero attached hydrogens (tertiary/aromatic N) is 1. The van der Waals surface area contributed by atoms with Crippen molar-refractivity contribution in [2.45, 2.75) is 73.0 Å². The van der Waals surface area contributed by atoms with Crippen LogP contribution in [0.2, 0.25) is 0 Å². The summed E-state index contributed by atoms with van der Waals surface area (Å²) in [7, 11) is 2.22. The minimum absolute atomic E-state index is 0.142. The van der Waals surface area contributed by atoms with Crippen molar-refractivity contribution in [2.75, 3.05) is 11.9 Å². The lowest BCUT2D eigenvalue weighted by molar-refractivity contribution is 0.423. The first-order valence-corrected chi connectivity index (χ1v) is 8.17. The van der Waals surface area contributed by atoms with E-state index in [9.17, 15) is 0 Å². The summed E-state index contributed by atoms with van der Waals surface area (Å²) in [6, 6.07) is 7.36. The zero-order valence-corrected chi connectivity index (χ0v) is 15.2. The van der Waals surface area contributed by atoms with Gasteiger partial charge in [-0.3, -0.25) is 0 Å². The van der Waals surface area contributed by atoms with Crippen LogP contribution in [0.3, 0.4) is 0 Å². The number of aryl methyl sites for hydroxylation is 1. The molecule has 0 bridgehead atoms. The fourth-order valence-corrected chi connectivity index (χ4v) is 2.64. The molecule has 0 aliphatic heterocycles. The smallest absolute Gasteiger partial charge is 0.0411 e. The second-order valence-corrected chi connectivity index (χ2v) is 7.83. The van der Waals surface area contributed by atoms with Crippen molar-refractivity contribution in [2.24, 2.45) is 5.92 Å². The van der Waals surface area contributed by atoms with Gasteiger partial charge in [0.2, 0.25) is 0 Å². The molecule has 1 aromatic carbocycles. The maximum Gasteiger partial charge on any atom is 0.0411 e. The van der Waals surface area contributed by atoms with E-state index in [1.165, 1.54) is 23.2 Å². The van der Waals surface area contributed by atoms with Crippen LogP contribution in [0.5, 0.6) is 0 Å². The molecule has 1 aromatic rings. The number of hydrogen-bond donors (Lipinski definition) is 1. The van der Waals surface area contributed by atoms with Crippen molar-refractivity contribution in [3.8, 4) is 0 Å². The largest absolute Gasteiger partial charge is 0.372 e. The number of hydrogen-bond acceptors (Lipinski definition) is 2. The van der Waals surface area contributed by atoms with Gasteiger partial charge in [-0.2, -0.15) is 0 Å². The van der Waals surface area contributed by atoms with Crippen molar-refractivity contribution < 1.29 is 0 Å². The SMILES string of the molecule is Cc1ccc(N(C)C(C)CC(C)C)c(CNC(C)(C)C)c1. The van der Waals surface area contributed by atoms with E-state index in [0.717, 1.165) is 12.5 Å². The Labute approximate surface area is 131 Å². The van der Waals surface area contributed by atoms with E-state index in [1.54, 1.807) is 0 Å².